The summed E-state index contributed by atoms with van der Waals surface area (Å²) in [5.74, 6) is 0.117. The molecule has 0 saturated heterocycles. The third kappa shape index (κ3) is 2.23. The number of aromatic nitrogens is 3. The van der Waals surface area contributed by atoms with Crippen molar-refractivity contribution in [1.29, 1.82) is 0 Å². The molecule has 0 aliphatic rings. The molecule has 19 heavy (non-hydrogen) atoms. The summed E-state index contributed by atoms with van der Waals surface area (Å²) < 4.78 is 3.84. The minimum atomic E-state index is 0.117. The van der Waals surface area contributed by atoms with Gasteiger partial charge < -0.3 is 4.57 Å². The Bertz CT molecular complexity index is 647. The molecule has 0 fully saturated rings. The van der Waals surface area contributed by atoms with E-state index >= 15 is 0 Å². The molecule has 102 valence electrons. The van der Waals surface area contributed by atoms with Crippen LogP contribution in [0.5, 0.6) is 0 Å². The number of nitrogens with zero attached hydrogens (tertiary/aromatic N) is 3. The molecular formula is C15H21N3O. The minimum Gasteiger partial charge on any atom is -0.351 e. The maximum Gasteiger partial charge on any atom is 0.186 e. The van der Waals surface area contributed by atoms with Gasteiger partial charge in [0.25, 0.3) is 0 Å². The van der Waals surface area contributed by atoms with Gasteiger partial charge in [-0.1, -0.05) is 0 Å². The SMILES string of the molecule is Cc1nn(CC(=O)c2cc(C)n(C)c2C)c(C)c1C. The lowest BCUT2D eigenvalue weighted by molar-refractivity contribution is 0.0966. The largest absolute Gasteiger partial charge is 0.351 e. The van der Waals surface area contributed by atoms with Crippen LogP contribution in [0.3, 0.4) is 0 Å². The van der Waals surface area contributed by atoms with E-state index in [2.05, 4.69) is 5.10 Å². The second-order valence-electron chi connectivity index (χ2n) is 5.22. The second kappa shape index (κ2) is 4.68. The van der Waals surface area contributed by atoms with Gasteiger partial charge in [-0.2, -0.15) is 5.10 Å². The van der Waals surface area contributed by atoms with Gasteiger partial charge in [0.05, 0.1) is 5.69 Å². The molecule has 0 aliphatic heterocycles. The molecule has 0 radical (unpaired) electrons. The molecule has 4 nitrogen and oxygen atoms in total. The molecule has 0 saturated carbocycles. The van der Waals surface area contributed by atoms with Crippen molar-refractivity contribution in [2.45, 2.75) is 41.2 Å². The van der Waals surface area contributed by atoms with Gasteiger partial charge in [-0.3, -0.25) is 9.48 Å². The van der Waals surface area contributed by atoms with E-state index in [1.807, 2.05) is 52.3 Å². The average Bonchev–Trinajstić information content (AvgIpc) is 2.75. The summed E-state index contributed by atoms with van der Waals surface area (Å²) in [7, 11) is 1.98. The van der Waals surface area contributed by atoms with Crippen LogP contribution in [-0.2, 0) is 13.6 Å². The van der Waals surface area contributed by atoms with Gasteiger partial charge in [-0.05, 0) is 46.2 Å². The standard InChI is InChI=1S/C15H21N3O/c1-9-7-14(13(5)17(9)6)15(19)8-18-12(4)10(2)11(3)16-18/h7H,8H2,1-6H3. The molecule has 4 heteroatoms. The van der Waals surface area contributed by atoms with Crippen LogP contribution in [-0.4, -0.2) is 20.1 Å². The summed E-state index contributed by atoms with van der Waals surface area (Å²) in [6.45, 7) is 10.3. The molecule has 2 aromatic rings. The maximum absolute atomic E-state index is 12.4. The zero-order valence-electron chi connectivity index (χ0n) is 12.5. The maximum atomic E-state index is 12.4. The van der Waals surface area contributed by atoms with Crippen LogP contribution in [0.25, 0.3) is 0 Å². The van der Waals surface area contributed by atoms with Gasteiger partial charge in [-0.25, -0.2) is 0 Å². The Morgan fingerprint density at radius 1 is 1.16 bits per heavy atom. The fourth-order valence-electron chi connectivity index (χ4n) is 2.30. The number of hydrogen-bond donors (Lipinski definition) is 0. The Morgan fingerprint density at radius 2 is 1.79 bits per heavy atom. The summed E-state index contributed by atoms with van der Waals surface area (Å²) >= 11 is 0. The van der Waals surface area contributed by atoms with E-state index in [0.29, 0.717) is 6.54 Å². The highest BCUT2D eigenvalue weighted by molar-refractivity contribution is 5.97. The highest BCUT2D eigenvalue weighted by Crippen LogP contribution is 2.16. The van der Waals surface area contributed by atoms with E-state index in [4.69, 9.17) is 0 Å². The summed E-state index contributed by atoms with van der Waals surface area (Å²) in [5, 5.41) is 4.42. The van der Waals surface area contributed by atoms with E-state index in [1.165, 1.54) is 0 Å². The lowest BCUT2D eigenvalue weighted by Gasteiger charge is -2.05. The van der Waals surface area contributed by atoms with Crippen LogP contribution in [0.2, 0.25) is 0 Å². The number of rotatable bonds is 3. The van der Waals surface area contributed by atoms with Crippen LogP contribution >= 0.6 is 0 Å². The Hall–Kier alpha value is -1.84. The number of carbonyl (C=O) groups excluding carboxylic acids is 1. The van der Waals surface area contributed by atoms with Crippen molar-refractivity contribution in [1.82, 2.24) is 14.3 Å². The van der Waals surface area contributed by atoms with Crippen molar-refractivity contribution in [3.05, 3.63) is 40.0 Å². The molecule has 0 unspecified atom stereocenters. The topological polar surface area (TPSA) is 39.8 Å². The molecule has 0 aliphatic carbocycles. The fourth-order valence-corrected chi connectivity index (χ4v) is 2.30. The Balaban J connectivity index is 2.31. The number of Topliss-reactive ketones (excluding diaryl/α,β-unsaturated/α-hetero) is 1. The Kier molecular flexibility index (Phi) is 3.35. The molecule has 0 amide bonds. The first-order valence-corrected chi connectivity index (χ1v) is 6.49. The van der Waals surface area contributed by atoms with Crippen LogP contribution in [0, 0.1) is 34.6 Å². The summed E-state index contributed by atoms with van der Waals surface area (Å²) in [6, 6.07) is 1.95. The van der Waals surface area contributed by atoms with E-state index in [-0.39, 0.29) is 5.78 Å². The quantitative estimate of drug-likeness (QED) is 0.795. The third-order valence-electron chi connectivity index (χ3n) is 4.11. The predicted octanol–water partition coefficient (Wildman–Crippen LogP) is 2.65. The first kappa shape index (κ1) is 13.6. The fraction of sp³-hybridized carbons (Fsp3) is 0.467. The first-order chi connectivity index (χ1) is 8.82. The lowest BCUT2D eigenvalue weighted by Crippen LogP contribution is -2.14. The van der Waals surface area contributed by atoms with Crippen molar-refractivity contribution in [2.75, 3.05) is 0 Å². The minimum absolute atomic E-state index is 0.117. The van der Waals surface area contributed by atoms with Gasteiger partial charge >= 0.3 is 0 Å². The molecule has 0 spiro atoms. The van der Waals surface area contributed by atoms with Crippen molar-refractivity contribution >= 4 is 5.78 Å². The zero-order chi connectivity index (χ0) is 14.3. The molecular weight excluding hydrogens is 238 g/mol. The zero-order valence-corrected chi connectivity index (χ0v) is 12.5. The third-order valence-corrected chi connectivity index (χ3v) is 4.11. The molecule has 0 aromatic carbocycles. The van der Waals surface area contributed by atoms with Crippen molar-refractivity contribution in [2.24, 2.45) is 7.05 Å². The Morgan fingerprint density at radius 3 is 2.21 bits per heavy atom. The van der Waals surface area contributed by atoms with E-state index < -0.39 is 0 Å². The van der Waals surface area contributed by atoms with Gasteiger partial charge in [0, 0.05) is 29.7 Å². The highest BCUT2D eigenvalue weighted by Gasteiger charge is 2.16. The number of ketones is 1. The molecule has 2 heterocycles. The van der Waals surface area contributed by atoms with Crippen LogP contribution < -0.4 is 0 Å². The van der Waals surface area contributed by atoms with Crippen molar-refractivity contribution < 1.29 is 4.79 Å². The van der Waals surface area contributed by atoms with Crippen molar-refractivity contribution in [3.8, 4) is 0 Å². The van der Waals surface area contributed by atoms with E-state index in [0.717, 1.165) is 33.9 Å². The normalized spacial score (nSPS) is 11.1. The lowest BCUT2D eigenvalue weighted by atomic mass is 10.1. The highest BCUT2D eigenvalue weighted by atomic mass is 16.1. The number of aryl methyl sites for hydroxylation is 2. The van der Waals surface area contributed by atoms with Gasteiger partial charge in [0.15, 0.2) is 5.78 Å². The summed E-state index contributed by atoms with van der Waals surface area (Å²) in [4.78, 5) is 12.4. The smallest absolute Gasteiger partial charge is 0.186 e. The van der Waals surface area contributed by atoms with Crippen LogP contribution in [0.1, 0.15) is 38.7 Å². The van der Waals surface area contributed by atoms with Gasteiger partial charge in [-0.15, -0.1) is 0 Å². The molecule has 2 aromatic heterocycles. The monoisotopic (exact) mass is 259 g/mol. The summed E-state index contributed by atoms with van der Waals surface area (Å²) in [6.07, 6.45) is 0. The second-order valence-corrected chi connectivity index (χ2v) is 5.22. The van der Waals surface area contributed by atoms with E-state index in [1.54, 1.807) is 4.68 Å². The average molecular weight is 259 g/mol. The van der Waals surface area contributed by atoms with Gasteiger partial charge in [0.2, 0.25) is 0 Å². The first-order valence-electron chi connectivity index (χ1n) is 6.49. The molecule has 0 atom stereocenters. The molecule has 0 N–H and O–H groups in total. The van der Waals surface area contributed by atoms with Crippen LogP contribution in [0.4, 0.5) is 0 Å². The number of hydrogen-bond acceptors (Lipinski definition) is 2. The number of carbonyl (C=O) groups is 1. The Labute approximate surface area is 114 Å². The van der Waals surface area contributed by atoms with E-state index in [9.17, 15) is 4.79 Å². The molecule has 2 rings (SSSR count). The van der Waals surface area contributed by atoms with Crippen molar-refractivity contribution in [3.63, 3.8) is 0 Å². The molecule has 0 bridgehead atoms. The van der Waals surface area contributed by atoms with Gasteiger partial charge in [0.1, 0.15) is 6.54 Å². The predicted molar refractivity (Wildman–Crippen MR) is 75.7 cm³/mol. The summed E-state index contributed by atoms with van der Waals surface area (Å²) in [5.41, 5.74) is 6.13. The van der Waals surface area contributed by atoms with Crippen LogP contribution in [0.15, 0.2) is 6.07 Å².